The molecule has 2 rings (SSSR count). The number of carbonyl (C=O) groups is 2. The molecule has 2 aromatic rings. The highest BCUT2D eigenvalue weighted by Gasteiger charge is 2.11. The number of nitrogens with zero attached hydrogens (tertiary/aromatic N) is 1. The van der Waals surface area contributed by atoms with E-state index in [0.29, 0.717) is 6.54 Å². The number of benzene rings is 2. The van der Waals surface area contributed by atoms with Gasteiger partial charge in [0.15, 0.2) is 0 Å². The summed E-state index contributed by atoms with van der Waals surface area (Å²) >= 11 is 0. The molecule has 0 radical (unpaired) electrons. The molecule has 0 atom stereocenters. The highest BCUT2D eigenvalue weighted by atomic mass is 16.2. The molecule has 0 bridgehead atoms. The Balaban J connectivity index is 1.80. The summed E-state index contributed by atoms with van der Waals surface area (Å²) < 4.78 is 0. The Hall–Kier alpha value is -2.95. The van der Waals surface area contributed by atoms with Gasteiger partial charge < -0.3 is 5.32 Å². The summed E-state index contributed by atoms with van der Waals surface area (Å²) in [5.74, 6) is -1.51. The highest BCUT2D eigenvalue weighted by Crippen LogP contribution is 2.00. The topological polar surface area (TPSA) is 70.6 Å². The summed E-state index contributed by atoms with van der Waals surface area (Å²) in [5.41, 5.74) is 5.07. The van der Waals surface area contributed by atoms with Crippen molar-refractivity contribution in [3.05, 3.63) is 71.3 Å². The molecule has 22 heavy (non-hydrogen) atoms. The lowest BCUT2D eigenvalue weighted by molar-refractivity contribution is -0.139. The van der Waals surface area contributed by atoms with Gasteiger partial charge in [-0.25, -0.2) is 5.43 Å². The van der Waals surface area contributed by atoms with Crippen LogP contribution in [0.1, 0.15) is 16.7 Å². The van der Waals surface area contributed by atoms with Crippen LogP contribution in [0.3, 0.4) is 0 Å². The SMILES string of the molecule is Cc1cccc(/C=N/NC(=O)C(=O)NCc2ccccc2)c1. The van der Waals surface area contributed by atoms with Crippen LogP contribution >= 0.6 is 0 Å². The summed E-state index contributed by atoms with van der Waals surface area (Å²) in [7, 11) is 0. The van der Waals surface area contributed by atoms with Crippen molar-refractivity contribution in [2.24, 2.45) is 5.10 Å². The quantitative estimate of drug-likeness (QED) is 0.512. The number of carbonyl (C=O) groups excluding carboxylic acids is 2. The van der Waals surface area contributed by atoms with Crippen LogP contribution in [0.15, 0.2) is 59.7 Å². The third-order valence-corrected chi connectivity index (χ3v) is 2.92. The van der Waals surface area contributed by atoms with Crippen LogP contribution in [-0.4, -0.2) is 18.0 Å². The van der Waals surface area contributed by atoms with E-state index in [1.807, 2.05) is 61.5 Å². The second-order valence-electron chi connectivity index (χ2n) is 4.78. The van der Waals surface area contributed by atoms with Crippen LogP contribution < -0.4 is 10.7 Å². The van der Waals surface area contributed by atoms with Crippen LogP contribution in [-0.2, 0) is 16.1 Å². The number of hydrogen-bond acceptors (Lipinski definition) is 3. The summed E-state index contributed by atoms with van der Waals surface area (Å²) in [6.07, 6.45) is 1.50. The van der Waals surface area contributed by atoms with Gasteiger partial charge in [-0.05, 0) is 18.1 Å². The maximum Gasteiger partial charge on any atom is 0.329 e. The van der Waals surface area contributed by atoms with Gasteiger partial charge in [-0.2, -0.15) is 5.10 Å². The third-order valence-electron chi connectivity index (χ3n) is 2.92. The molecule has 0 unspecified atom stereocenters. The van der Waals surface area contributed by atoms with Crippen molar-refractivity contribution >= 4 is 18.0 Å². The van der Waals surface area contributed by atoms with Gasteiger partial charge in [0, 0.05) is 6.54 Å². The lowest BCUT2D eigenvalue weighted by atomic mass is 10.2. The zero-order chi connectivity index (χ0) is 15.8. The fourth-order valence-corrected chi connectivity index (χ4v) is 1.83. The molecule has 0 saturated heterocycles. The van der Waals surface area contributed by atoms with Crippen molar-refractivity contribution in [2.45, 2.75) is 13.5 Å². The normalized spacial score (nSPS) is 10.4. The zero-order valence-electron chi connectivity index (χ0n) is 12.2. The van der Waals surface area contributed by atoms with Gasteiger partial charge in [0.05, 0.1) is 6.21 Å². The molecule has 0 fully saturated rings. The number of hydrazone groups is 1. The lowest BCUT2D eigenvalue weighted by Crippen LogP contribution is -2.37. The average Bonchev–Trinajstić information content (AvgIpc) is 2.53. The van der Waals surface area contributed by atoms with E-state index in [-0.39, 0.29) is 0 Å². The van der Waals surface area contributed by atoms with Gasteiger partial charge in [-0.15, -0.1) is 0 Å². The minimum Gasteiger partial charge on any atom is -0.344 e. The first-order valence-corrected chi connectivity index (χ1v) is 6.87. The Bertz CT molecular complexity index is 681. The number of aryl methyl sites for hydroxylation is 1. The Morgan fingerprint density at radius 2 is 1.82 bits per heavy atom. The van der Waals surface area contributed by atoms with E-state index in [2.05, 4.69) is 15.8 Å². The molecule has 2 aromatic carbocycles. The van der Waals surface area contributed by atoms with E-state index in [1.165, 1.54) is 6.21 Å². The molecular formula is C17H17N3O2. The molecule has 0 aliphatic heterocycles. The maximum atomic E-state index is 11.6. The second-order valence-corrected chi connectivity index (χ2v) is 4.78. The van der Waals surface area contributed by atoms with Gasteiger partial charge in [-0.1, -0.05) is 60.2 Å². The Labute approximate surface area is 129 Å². The fraction of sp³-hybridized carbons (Fsp3) is 0.118. The molecule has 2 N–H and O–H groups in total. The van der Waals surface area contributed by atoms with Gasteiger partial charge >= 0.3 is 11.8 Å². The molecule has 5 heteroatoms. The minimum atomic E-state index is -0.792. The molecule has 112 valence electrons. The van der Waals surface area contributed by atoms with Crippen LogP contribution in [0.25, 0.3) is 0 Å². The van der Waals surface area contributed by atoms with E-state index >= 15 is 0 Å². The molecule has 0 heterocycles. The average molecular weight is 295 g/mol. The molecular weight excluding hydrogens is 278 g/mol. The predicted molar refractivity (Wildman–Crippen MR) is 85.2 cm³/mol. The smallest absolute Gasteiger partial charge is 0.329 e. The number of rotatable bonds is 4. The van der Waals surface area contributed by atoms with Gasteiger partial charge in [0.1, 0.15) is 0 Å². The van der Waals surface area contributed by atoms with Crippen LogP contribution in [0.5, 0.6) is 0 Å². The fourth-order valence-electron chi connectivity index (χ4n) is 1.83. The first-order valence-electron chi connectivity index (χ1n) is 6.87. The Kier molecular flexibility index (Phi) is 5.43. The van der Waals surface area contributed by atoms with E-state index in [1.54, 1.807) is 0 Å². The van der Waals surface area contributed by atoms with E-state index in [9.17, 15) is 9.59 Å². The molecule has 0 aromatic heterocycles. The summed E-state index contributed by atoms with van der Waals surface area (Å²) in [4.78, 5) is 23.2. The largest absolute Gasteiger partial charge is 0.344 e. The molecule has 0 spiro atoms. The summed E-state index contributed by atoms with van der Waals surface area (Å²) in [5, 5.41) is 6.30. The highest BCUT2D eigenvalue weighted by molar-refractivity contribution is 6.35. The van der Waals surface area contributed by atoms with E-state index < -0.39 is 11.8 Å². The minimum absolute atomic E-state index is 0.300. The van der Waals surface area contributed by atoms with E-state index in [4.69, 9.17) is 0 Å². The monoisotopic (exact) mass is 295 g/mol. The van der Waals surface area contributed by atoms with E-state index in [0.717, 1.165) is 16.7 Å². The third kappa shape index (κ3) is 4.86. The second kappa shape index (κ2) is 7.73. The molecule has 0 saturated carbocycles. The maximum absolute atomic E-state index is 11.6. The number of hydrogen-bond donors (Lipinski definition) is 2. The molecule has 0 aliphatic rings. The van der Waals surface area contributed by atoms with Crippen molar-refractivity contribution < 1.29 is 9.59 Å². The van der Waals surface area contributed by atoms with Crippen LogP contribution in [0.4, 0.5) is 0 Å². The first-order chi connectivity index (χ1) is 10.6. The molecule has 0 aliphatic carbocycles. The van der Waals surface area contributed by atoms with Crippen molar-refractivity contribution in [3.63, 3.8) is 0 Å². The number of amides is 2. The Morgan fingerprint density at radius 1 is 1.05 bits per heavy atom. The van der Waals surface area contributed by atoms with Crippen molar-refractivity contribution in [1.82, 2.24) is 10.7 Å². The predicted octanol–water partition coefficient (Wildman–Crippen LogP) is 1.76. The lowest BCUT2D eigenvalue weighted by Gasteiger charge is -2.03. The standard InChI is InChI=1S/C17H17N3O2/c1-13-6-5-9-15(10-13)12-19-20-17(22)16(21)18-11-14-7-3-2-4-8-14/h2-10,12H,11H2,1H3,(H,18,21)(H,20,22)/b19-12+. The zero-order valence-corrected chi connectivity index (χ0v) is 12.2. The van der Waals surface area contributed by atoms with Gasteiger partial charge in [0.2, 0.25) is 0 Å². The first kappa shape index (κ1) is 15.4. The molecule has 5 nitrogen and oxygen atoms in total. The van der Waals surface area contributed by atoms with Crippen LogP contribution in [0.2, 0.25) is 0 Å². The molecule has 2 amide bonds. The summed E-state index contributed by atoms with van der Waals surface area (Å²) in [6, 6.07) is 17.0. The summed E-state index contributed by atoms with van der Waals surface area (Å²) in [6.45, 7) is 2.27. The van der Waals surface area contributed by atoms with Crippen LogP contribution in [0, 0.1) is 6.92 Å². The van der Waals surface area contributed by atoms with Crippen molar-refractivity contribution in [3.8, 4) is 0 Å². The van der Waals surface area contributed by atoms with Crippen molar-refractivity contribution in [1.29, 1.82) is 0 Å². The van der Waals surface area contributed by atoms with Gasteiger partial charge in [-0.3, -0.25) is 9.59 Å². The Morgan fingerprint density at radius 3 is 2.55 bits per heavy atom. The number of nitrogens with one attached hydrogen (secondary N) is 2. The van der Waals surface area contributed by atoms with Gasteiger partial charge in [0.25, 0.3) is 0 Å². The van der Waals surface area contributed by atoms with Crippen molar-refractivity contribution in [2.75, 3.05) is 0 Å².